The molecule has 0 radical (unpaired) electrons. The minimum Gasteiger partial charge on any atom is -0.493 e. The zero-order valence-electron chi connectivity index (χ0n) is 19.7. The average Bonchev–Trinajstić information content (AvgIpc) is 2.88. The molecule has 0 spiro atoms. The molecule has 3 rings (SSSR count). The highest BCUT2D eigenvalue weighted by atomic mass is 16.6. The van der Waals surface area contributed by atoms with Gasteiger partial charge in [0.2, 0.25) is 0 Å². The molecular formula is C26H28O8. The van der Waals surface area contributed by atoms with E-state index in [0.717, 1.165) is 0 Å². The second kappa shape index (κ2) is 11.3. The van der Waals surface area contributed by atoms with Crippen LogP contribution in [0.25, 0.3) is 0 Å². The minimum absolute atomic E-state index is 0.205. The first kappa shape index (κ1) is 24.7. The zero-order chi connectivity index (χ0) is 24.7. The molecule has 34 heavy (non-hydrogen) atoms. The molecule has 0 aromatic heterocycles. The molecule has 3 aromatic rings. The summed E-state index contributed by atoms with van der Waals surface area (Å²) in [6.07, 6.45) is -1.57. The highest BCUT2D eigenvalue weighted by Crippen LogP contribution is 2.35. The second-order valence-corrected chi connectivity index (χ2v) is 7.29. The number of methoxy groups -OCH3 is 4. The Hall–Kier alpha value is -3.91. The molecule has 2 atom stereocenters. The van der Waals surface area contributed by atoms with E-state index in [9.17, 15) is 9.90 Å². The van der Waals surface area contributed by atoms with Crippen LogP contribution in [0.4, 0.5) is 0 Å². The van der Waals surface area contributed by atoms with Crippen LogP contribution in [0.15, 0.2) is 60.7 Å². The van der Waals surface area contributed by atoms with Crippen LogP contribution >= 0.6 is 0 Å². The summed E-state index contributed by atoms with van der Waals surface area (Å²) in [6.45, 7) is 1.74. The van der Waals surface area contributed by atoms with Gasteiger partial charge in [0.15, 0.2) is 34.5 Å². The number of hydrogen-bond donors (Lipinski definition) is 1. The number of carbonyl (C=O) groups is 1. The summed E-state index contributed by atoms with van der Waals surface area (Å²) >= 11 is 0. The molecule has 1 N–H and O–H groups in total. The Morgan fingerprint density at radius 2 is 1.26 bits per heavy atom. The van der Waals surface area contributed by atoms with Crippen LogP contribution in [-0.2, 0) is 0 Å². The van der Waals surface area contributed by atoms with Crippen LogP contribution in [0.5, 0.6) is 34.5 Å². The van der Waals surface area contributed by atoms with Crippen LogP contribution in [0.2, 0.25) is 0 Å². The number of ether oxygens (including phenoxy) is 6. The number of aliphatic hydroxyl groups excluding tert-OH is 1. The fraction of sp³-hybridized carbons (Fsp3) is 0.269. The number of carbonyl (C=O) groups excluding carboxylic acids is 1. The summed E-state index contributed by atoms with van der Waals surface area (Å²) in [5, 5.41) is 10.8. The van der Waals surface area contributed by atoms with Crippen molar-refractivity contribution in [3.05, 3.63) is 71.8 Å². The summed E-state index contributed by atoms with van der Waals surface area (Å²) in [5.74, 6) is 1.89. The standard InChI is InChI=1S/C26H28O8/c1-16(33-21-9-7-6-8-19(21)29-2)25(27)17-10-13-22(24(14-17)32-5)34-26(28)18-11-12-20(30-3)23(15-18)31-4/h6-16,25,27H,1-5H3. The SMILES string of the molecule is COc1ccc(C(=O)Oc2ccc(C(O)C(C)Oc3ccccc3OC)cc2OC)cc1OC. The van der Waals surface area contributed by atoms with Crippen LogP contribution in [0.3, 0.4) is 0 Å². The minimum atomic E-state index is -0.977. The van der Waals surface area contributed by atoms with Gasteiger partial charge >= 0.3 is 5.97 Å². The van der Waals surface area contributed by atoms with Crippen molar-refractivity contribution in [2.45, 2.75) is 19.1 Å². The molecule has 0 heterocycles. The zero-order valence-corrected chi connectivity index (χ0v) is 19.7. The van der Waals surface area contributed by atoms with Crippen molar-refractivity contribution in [1.29, 1.82) is 0 Å². The Morgan fingerprint density at radius 1 is 0.706 bits per heavy atom. The summed E-state index contributed by atoms with van der Waals surface area (Å²) in [5.41, 5.74) is 0.813. The first-order valence-corrected chi connectivity index (χ1v) is 10.5. The number of rotatable bonds is 10. The molecule has 0 bridgehead atoms. The molecule has 2 unspecified atom stereocenters. The first-order chi connectivity index (χ1) is 16.4. The van der Waals surface area contributed by atoms with E-state index in [2.05, 4.69) is 0 Å². The number of esters is 1. The van der Waals surface area contributed by atoms with Crippen LogP contribution < -0.4 is 28.4 Å². The summed E-state index contributed by atoms with van der Waals surface area (Å²) in [6, 6.07) is 16.7. The molecular weight excluding hydrogens is 440 g/mol. The highest BCUT2D eigenvalue weighted by Gasteiger charge is 2.22. The van der Waals surface area contributed by atoms with E-state index < -0.39 is 18.2 Å². The molecule has 0 aliphatic rings. The third-order valence-electron chi connectivity index (χ3n) is 5.18. The quantitative estimate of drug-likeness (QED) is 0.345. The molecule has 0 amide bonds. The summed E-state index contributed by atoms with van der Waals surface area (Å²) in [7, 11) is 6.00. The van der Waals surface area contributed by atoms with Gasteiger partial charge < -0.3 is 33.5 Å². The predicted octanol–water partition coefficient (Wildman–Crippen LogP) is 4.44. The third kappa shape index (κ3) is 5.52. The topological polar surface area (TPSA) is 92.7 Å². The van der Waals surface area contributed by atoms with E-state index in [1.54, 1.807) is 56.5 Å². The van der Waals surface area contributed by atoms with E-state index in [0.29, 0.717) is 28.6 Å². The monoisotopic (exact) mass is 468 g/mol. The third-order valence-corrected chi connectivity index (χ3v) is 5.18. The lowest BCUT2D eigenvalue weighted by molar-refractivity contribution is 0.0449. The number of aliphatic hydroxyl groups is 1. The molecule has 0 saturated carbocycles. The number of hydrogen-bond acceptors (Lipinski definition) is 8. The maximum absolute atomic E-state index is 12.7. The summed E-state index contributed by atoms with van der Waals surface area (Å²) in [4.78, 5) is 12.7. The van der Waals surface area contributed by atoms with Crippen molar-refractivity contribution >= 4 is 5.97 Å². The number of para-hydroxylation sites is 2. The largest absolute Gasteiger partial charge is 0.493 e. The van der Waals surface area contributed by atoms with Crippen molar-refractivity contribution < 1.29 is 38.3 Å². The predicted molar refractivity (Wildman–Crippen MR) is 126 cm³/mol. The van der Waals surface area contributed by atoms with Gasteiger partial charge in [-0.25, -0.2) is 4.79 Å². The van der Waals surface area contributed by atoms with Crippen molar-refractivity contribution in [1.82, 2.24) is 0 Å². The first-order valence-electron chi connectivity index (χ1n) is 10.5. The molecule has 0 fully saturated rings. The van der Waals surface area contributed by atoms with Crippen LogP contribution in [-0.4, -0.2) is 45.6 Å². The van der Waals surface area contributed by atoms with Crippen molar-refractivity contribution in [2.24, 2.45) is 0 Å². The maximum atomic E-state index is 12.7. The van der Waals surface area contributed by atoms with Gasteiger partial charge in [0.1, 0.15) is 12.2 Å². The molecule has 0 aliphatic heterocycles. The van der Waals surface area contributed by atoms with E-state index in [-0.39, 0.29) is 17.1 Å². The van der Waals surface area contributed by atoms with Crippen molar-refractivity contribution in [3.8, 4) is 34.5 Å². The smallest absolute Gasteiger partial charge is 0.343 e. The van der Waals surface area contributed by atoms with Gasteiger partial charge in [-0.1, -0.05) is 18.2 Å². The van der Waals surface area contributed by atoms with Gasteiger partial charge in [0, 0.05) is 0 Å². The fourth-order valence-electron chi connectivity index (χ4n) is 3.33. The normalized spacial score (nSPS) is 12.3. The van der Waals surface area contributed by atoms with Crippen LogP contribution in [0.1, 0.15) is 28.9 Å². The highest BCUT2D eigenvalue weighted by molar-refractivity contribution is 5.92. The lowest BCUT2D eigenvalue weighted by Crippen LogP contribution is -2.22. The Balaban J connectivity index is 1.76. The Labute approximate surface area is 198 Å². The molecule has 8 nitrogen and oxygen atoms in total. The van der Waals surface area contributed by atoms with E-state index in [1.807, 2.05) is 12.1 Å². The van der Waals surface area contributed by atoms with Crippen molar-refractivity contribution in [3.63, 3.8) is 0 Å². The molecule has 3 aromatic carbocycles. The van der Waals surface area contributed by atoms with Gasteiger partial charge in [-0.15, -0.1) is 0 Å². The lowest BCUT2D eigenvalue weighted by atomic mass is 10.0. The van der Waals surface area contributed by atoms with Crippen molar-refractivity contribution in [2.75, 3.05) is 28.4 Å². The lowest BCUT2D eigenvalue weighted by Gasteiger charge is -2.22. The molecule has 0 saturated heterocycles. The van der Waals surface area contributed by atoms with Gasteiger partial charge in [-0.05, 0) is 55.0 Å². The Bertz CT molecular complexity index is 1130. The average molecular weight is 469 g/mol. The van der Waals surface area contributed by atoms with Gasteiger partial charge in [0.25, 0.3) is 0 Å². The maximum Gasteiger partial charge on any atom is 0.343 e. The van der Waals surface area contributed by atoms with Gasteiger partial charge in [-0.3, -0.25) is 0 Å². The Morgan fingerprint density at radius 3 is 1.91 bits per heavy atom. The number of benzene rings is 3. The van der Waals surface area contributed by atoms with Gasteiger partial charge in [0.05, 0.1) is 34.0 Å². The van der Waals surface area contributed by atoms with Crippen LogP contribution in [0, 0.1) is 0 Å². The molecule has 0 aliphatic carbocycles. The second-order valence-electron chi connectivity index (χ2n) is 7.29. The van der Waals surface area contributed by atoms with E-state index in [4.69, 9.17) is 28.4 Å². The van der Waals surface area contributed by atoms with E-state index in [1.165, 1.54) is 27.4 Å². The summed E-state index contributed by atoms with van der Waals surface area (Å²) < 4.78 is 32.5. The fourth-order valence-corrected chi connectivity index (χ4v) is 3.33. The molecule has 180 valence electrons. The van der Waals surface area contributed by atoms with E-state index >= 15 is 0 Å². The Kier molecular flexibility index (Phi) is 8.21. The van der Waals surface area contributed by atoms with Gasteiger partial charge in [-0.2, -0.15) is 0 Å². The molecule has 8 heteroatoms.